The summed E-state index contributed by atoms with van der Waals surface area (Å²) in [6.45, 7) is 19.4. The summed E-state index contributed by atoms with van der Waals surface area (Å²) in [6, 6.07) is 0. The number of ether oxygens (including phenoxy) is 1. The number of carbonyl (C=O) groups is 1. The maximum atomic E-state index is 11.7. The van der Waals surface area contributed by atoms with Crippen LogP contribution in [0.1, 0.15) is 103 Å². The molecule has 29 heavy (non-hydrogen) atoms. The minimum Gasteiger partial charge on any atom is -0.466 e. The van der Waals surface area contributed by atoms with Crippen molar-refractivity contribution >= 4 is 28.7 Å². The molecule has 0 aliphatic carbocycles. The molecule has 162 valence electrons. The fourth-order valence-corrected chi connectivity index (χ4v) is 3.76. The highest BCUT2D eigenvalue weighted by molar-refractivity contribution is 7.13. The molecule has 0 unspecified atom stereocenters. The number of aliphatic imine (C=N–C) groups is 1. The van der Waals surface area contributed by atoms with E-state index in [2.05, 4.69) is 60.6 Å². The maximum absolute atomic E-state index is 11.7. The van der Waals surface area contributed by atoms with Crippen molar-refractivity contribution < 1.29 is 9.53 Å². The lowest BCUT2D eigenvalue weighted by Crippen LogP contribution is -2.10. The van der Waals surface area contributed by atoms with Gasteiger partial charge in [0.15, 0.2) is 0 Å². The molecule has 0 N–H and O–H groups in total. The fraction of sp³-hybridized carbons (Fsp3) is 0.625. The van der Waals surface area contributed by atoms with Gasteiger partial charge in [-0.1, -0.05) is 53.2 Å². The molecule has 0 saturated heterocycles. The molecule has 1 rings (SSSR count). The molecule has 0 radical (unpaired) electrons. The van der Waals surface area contributed by atoms with Crippen molar-refractivity contribution in [1.82, 2.24) is 4.98 Å². The molecule has 1 heterocycles. The van der Waals surface area contributed by atoms with Crippen LogP contribution >= 0.6 is 11.3 Å². The first-order chi connectivity index (χ1) is 13.5. The van der Waals surface area contributed by atoms with Crippen LogP contribution in [0.3, 0.4) is 0 Å². The summed E-state index contributed by atoms with van der Waals surface area (Å²) < 4.78 is 5.04. The summed E-state index contributed by atoms with van der Waals surface area (Å²) in [5.41, 5.74) is 4.24. The van der Waals surface area contributed by atoms with Crippen LogP contribution in [0.5, 0.6) is 0 Å². The molecule has 1 aromatic rings. The van der Waals surface area contributed by atoms with Gasteiger partial charge in [-0.2, -0.15) is 0 Å². The molecule has 0 amide bonds. The highest BCUT2D eigenvalue weighted by Gasteiger charge is 2.24. The molecule has 0 saturated carbocycles. The third-order valence-corrected chi connectivity index (χ3v) is 5.98. The Labute approximate surface area is 181 Å². The molecular weight excluding hydrogens is 380 g/mol. The number of aromatic nitrogens is 1. The molecule has 0 aliphatic heterocycles. The molecule has 0 bridgehead atoms. The molecule has 0 aromatic carbocycles. The van der Waals surface area contributed by atoms with Crippen LogP contribution in [0, 0.1) is 0 Å². The van der Waals surface area contributed by atoms with Gasteiger partial charge in [-0.15, -0.1) is 11.3 Å². The first-order valence-corrected chi connectivity index (χ1v) is 11.4. The van der Waals surface area contributed by atoms with Gasteiger partial charge in [0.25, 0.3) is 0 Å². The van der Waals surface area contributed by atoms with Crippen molar-refractivity contribution in [3.05, 3.63) is 33.3 Å². The second-order valence-corrected chi connectivity index (χ2v) is 9.71. The minimum atomic E-state index is -0.176. The summed E-state index contributed by atoms with van der Waals surface area (Å²) in [5, 5.41) is 1.12. The number of allylic oxidation sites excluding steroid dienone is 3. The standard InChI is InChI=1S/C24H38N2O2S/c1-10-17(5)12-14-19(25-18(6)13-15-20(27)28-11-2)22-21(16(3)4)26-23(29-22)24(7,8)9/h12,14,16H,10-11,13,15H2,1-9H3/b17-12?,19-14-,25-18?. The van der Waals surface area contributed by atoms with Crippen LogP contribution in [0.4, 0.5) is 0 Å². The van der Waals surface area contributed by atoms with Gasteiger partial charge in [0, 0.05) is 11.1 Å². The van der Waals surface area contributed by atoms with E-state index in [-0.39, 0.29) is 11.4 Å². The van der Waals surface area contributed by atoms with Gasteiger partial charge in [-0.05, 0) is 45.6 Å². The number of nitrogens with zero attached hydrogens (tertiary/aromatic N) is 2. The van der Waals surface area contributed by atoms with E-state index in [0.29, 0.717) is 25.4 Å². The van der Waals surface area contributed by atoms with E-state index in [1.807, 2.05) is 13.8 Å². The first kappa shape index (κ1) is 25.3. The molecule has 1 aromatic heterocycles. The van der Waals surface area contributed by atoms with E-state index >= 15 is 0 Å². The average Bonchev–Trinajstić information content (AvgIpc) is 3.09. The summed E-state index contributed by atoms with van der Waals surface area (Å²) in [5.74, 6) is 0.136. The van der Waals surface area contributed by atoms with E-state index in [9.17, 15) is 4.79 Å². The Morgan fingerprint density at radius 1 is 1.17 bits per heavy atom. The lowest BCUT2D eigenvalue weighted by atomic mass is 9.98. The van der Waals surface area contributed by atoms with Gasteiger partial charge in [-0.3, -0.25) is 9.79 Å². The predicted molar refractivity (Wildman–Crippen MR) is 126 cm³/mol. The molecule has 0 aliphatic rings. The third kappa shape index (κ3) is 8.25. The van der Waals surface area contributed by atoms with Crippen molar-refractivity contribution in [1.29, 1.82) is 0 Å². The van der Waals surface area contributed by atoms with Crippen LogP contribution < -0.4 is 0 Å². The molecular formula is C24H38N2O2S. The van der Waals surface area contributed by atoms with Gasteiger partial charge in [-0.25, -0.2) is 4.98 Å². The van der Waals surface area contributed by atoms with Gasteiger partial charge in [0.2, 0.25) is 0 Å². The normalized spacial score (nSPS) is 13.9. The zero-order valence-electron chi connectivity index (χ0n) is 19.7. The Kier molecular flexibility index (Phi) is 9.97. The molecule has 0 atom stereocenters. The second kappa shape index (κ2) is 11.4. The number of esters is 1. The lowest BCUT2D eigenvalue weighted by Gasteiger charge is -2.13. The third-order valence-electron chi connectivity index (χ3n) is 4.47. The minimum absolute atomic E-state index is 0.00445. The number of thiazole rings is 1. The zero-order valence-corrected chi connectivity index (χ0v) is 20.5. The highest BCUT2D eigenvalue weighted by Crippen LogP contribution is 2.37. The van der Waals surface area contributed by atoms with Gasteiger partial charge >= 0.3 is 5.97 Å². The number of hydrogen-bond donors (Lipinski definition) is 0. The topological polar surface area (TPSA) is 51.5 Å². The Hall–Kier alpha value is -1.75. The molecule has 5 heteroatoms. The smallest absolute Gasteiger partial charge is 0.306 e. The summed E-state index contributed by atoms with van der Waals surface area (Å²) in [6.07, 6.45) is 6.18. The Bertz CT molecular complexity index is 777. The number of carbonyl (C=O) groups excluding carboxylic acids is 1. The largest absolute Gasteiger partial charge is 0.466 e. The van der Waals surface area contributed by atoms with Crippen LogP contribution in [0.2, 0.25) is 0 Å². The molecule has 0 fully saturated rings. The average molecular weight is 419 g/mol. The monoisotopic (exact) mass is 418 g/mol. The van der Waals surface area contributed by atoms with Crippen molar-refractivity contribution in [3.63, 3.8) is 0 Å². The van der Waals surface area contributed by atoms with E-state index < -0.39 is 0 Å². The van der Waals surface area contributed by atoms with E-state index in [1.165, 1.54) is 5.57 Å². The number of rotatable bonds is 9. The quantitative estimate of drug-likeness (QED) is 0.245. The molecule has 4 nitrogen and oxygen atoms in total. The van der Waals surface area contributed by atoms with Gasteiger partial charge in [0.05, 0.1) is 34.3 Å². The summed E-state index contributed by atoms with van der Waals surface area (Å²) in [7, 11) is 0. The van der Waals surface area contributed by atoms with E-state index in [0.717, 1.165) is 33.4 Å². The van der Waals surface area contributed by atoms with Crippen molar-refractivity contribution in [2.75, 3.05) is 6.61 Å². The SMILES string of the molecule is CCOC(=O)CCC(C)=N/C(=C\C=C(C)CC)c1sc(C(C)(C)C)nc1C(C)C. The highest BCUT2D eigenvalue weighted by atomic mass is 32.1. The Morgan fingerprint density at radius 2 is 1.83 bits per heavy atom. The lowest BCUT2D eigenvalue weighted by molar-refractivity contribution is -0.142. The first-order valence-electron chi connectivity index (χ1n) is 10.6. The van der Waals surface area contributed by atoms with Gasteiger partial charge in [0.1, 0.15) is 0 Å². The van der Waals surface area contributed by atoms with E-state index in [1.54, 1.807) is 11.3 Å². The van der Waals surface area contributed by atoms with Crippen molar-refractivity contribution in [2.45, 2.75) is 92.9 Å². The van der Waals surface area contributed by atoms with Crippen LogP contribution in [-0.4, -0.2) is 23.3 Å². The Balaban J connectivity index is 3.38. The predicted octanol–water partition coefficient (Wildman–Crippen LogP) is 7.07. The number of hydrogen-bond acceptors (Lipinski definition) is 5. The second-order valence-electron chi connectivity index (χ2n) is 8.71. The molecule has 0 spiro atoms. The summed E-state index contributed by atoms with van der Waals surface area (Å²) in [4.78, 5) is 22.7. The van der Waals surface area contributed by atoms with Crippen molar-refractivity contribution in [3.8, 4) is 0 Å². The van der Waals surface area contributed by atoms with Crippen molar-refractivity contribution in [2.24, 2.45) is 4.99 Å². The van der Waals surface area contributed by atoms with Crippen LogP contribution in [0.15, 0.2) is 22.7 Å². The summed E-state index contributed by atoms with van der Waals surface area (Å²) >= 11 is 1.73. The Morgan fingerprint density at radius 3 is 2.34 bits per heavy atom. The maximum Gasteiger partial charge on any atom is 0.306 e. The fourth-order valence-electron chi connectivity index (χ4n) is 2.51. The van der Waals surface area contributed by atoms with E-state index in [4.69, 9.17) is 14.7 Å². The zero-order chi connectivity index (χ0) is 22.2. The van der Waals surface area contributed by atoms with Gasteiger partial charge < -0.3 is 4.74 Å². The van der Waals surface area contributed by atoms with Crippen LogP contribution in [-0.2, 0) is 14.9 Å². The van der Waals surface area contributed by atoms with Crippen LogP contribution in [0.25, 0.3) is 5.70 Å².